The molecule has 0 unspecified atom stereocenters. The SMILES string of the molecule is O=C(CN1C(=O)c2ccccc2C1=O)NCCc1csc(-c2ccccn2)n1. The third-order valence-electron chi connectivity index (χ3n) is 4.32. The summed E-state index contributed by atoms with van der Waals surface area (Å²) in [6, 6.07) is 12.2. The number of thiazole rings is 1. The van der Waals surface area contributed by atoms with Gasteiger partial charge in [0.25, 0.3) is 11.8 Å². The van der Waals surface area contributed by atoms with Gasteiger partial charge in [0.15, 0.2) is 0 Å². The summed E-state index contributed by atoms with van der Waals surface area (Å²) >= 11 is 1.50. The molecule has 3 amide bonds. The second kappa shape index (κ2) is 7.69. The van der Waals surface area contributed by atoms with E-state index < -0.39 is 11.8 Å². The van der Waals surface area contributed by atoms with E-state index in [0.717, 1.165) is 21.3 Å². The molecule has 0 aliphatic carbocycles. The van der Waals surface area contributed by atoms with Crippen LogP contribution in [-0.2, 0) is 11.2 Å². The fraction of sp³-hybridized carbons (Fsp3) is 0.150. The molecule has 1 aromatic carbocycles. The predicted molar refractivity (Wildman–Crippen MR) is 104 cm³/mol. The standard InChI is InChI=1S/C20H16N4O3S/c25-17(11-24-19(26)14-5-1-2-6-15(14)20(24)27)22-10-8-13-12-28-18(23-13)16-7-3-4-9-21-16/h1-7,9,12H,8,10-11H2,(H,22,25). The monoisotopic (exact) mass is 392 g/mol. The molecule has 0 fully saturated rings. The van der Waals surface area contributed by atoms with Crippen LogP contribution in [0, 0.1) is 0 Å². The molecule has 8 heteroatoms. The minimum Gasteiger partial charge on any atom is -0.354 e. The van der Waals surface area contributed by atoms with Crippen molar-refractivity contribution in [2.24, 2.45) is 0 Å². The van der Waals surface area contributed by atoms with Crippen LogP contribution in [0.2, 0.25) is 0 Å². The summed E-state index contributed by atoms with van der Waals surface area (Å²) in [7, 11) is 0. The maximum absolute atomic E-state index is 12.3. The minimum atomic E-state index is -0.435. The van der Waals surface area contributed by atoms with Gasteiger partial charge in [-0.15, -0.1) is 11.3 Å². The minimum absolute atomic E-state index is 0.289. The van der Waals surface area contributed by atoms with Gasteiger partial charge in [0.05, 0.1) is 22.5 Å². The topological polar surface area (TPSA) is 92.3 Å². The maximum Gasteiger partial charge on any atom is 0.262 e. The molecule has 3 heterocycles. The lowest BCUT2D eigenvalue weighted by atomic mass is 10.1. The maximum atomic E-state index is 12.3. The Labute approximate surface area is 165 Å². The van der Waals surface area contributed by atoms with Gasteiger partial charge in [0.1, 0.15) is 11.6 Å². The number of pyridine rings is 1. The van der Waals surface area contributed by atoms with Crippen LogP contribution in [0.5, 0.6) is 0 Å². The third kappa shape index (κ3) is 3.54. The van der Waals surface area contributed by atoms with Crippen molar-refractivity contribution in [2.75, 3.05) is 13.1 Å². The quantitative estimate of drug-likeness (QED) is 0.649. The Morgan fingerprint density at radius 1 is 1.04 bits per heavy atom. The molecular weight excluding hydrogens is 376 g/mol. The molecule has 1 aliphatic rings. The number of aromatic nitrogens is 2. The smallest absolute Gasteiger partial charge is 0.262 e. The molecule has 140 valence electrons. The van der Waals surface area contributed by atoms with Crippen LogP contribution in [0.25, 0.3) is 10.7 Å². The van der Waals surface area contributed by atoms with Crippen molar-refractivity contribution < 1.29 is 14.4 Å². The Kier molecular flexibility index (Phi) is 4.94. The van der Waals surface area contributed by atoms with Gasteiger partial charge in [-0.25, -0.2) is 4.98 Å². The van der Waals surface area contributed by atoms with E-state index in [2.05, 4.69) is 15.3 Å². The van der Waals surface area contributed by atoms with Gasteiger partial charge in [-0.2, -0.15) is 0 Å². The normalized spacial score (nSPS) is 12.9. The van der Waals surface area contributed by atoms with Crippen molar-refractivity contribution in [1.29, 1.82) is 0 Å². The van der Waals surface area contributed by atoms with Gasteiger partial charge in [0, 0.05) is 24.5 Å². The molecule has 1 aliphatic heterocycles. The van der Waals surface area contributed by atoms with Crippen LogP contribution in [0.3, 0.4) is 0 Å². The summed E-state index contributed by atoms with van der Waals surface area (Å²) in [6.45, 7) is 0.0794. The molecule has 3 aromatic rings. The largest absolute Gasteiger partial charge is 0.354 e. The summed E-state index contributed by atoms with van der Waals surface area (Å²) in [4.78, 5) is 46.5. The summed E-state index contributed by atoms with van der Waals surface area (Å²) in [6.07, 6.45) is 2.27. The van der Waals surface area contributed by atoms with Crippen molar-refractivity contribution in [3.8, 4) is 10.7 Å². The van der Waals surface area contributed by atoms with E-state index in [-0.39, 0.29) is 12.5 Å². The number of benzene rings is 1. The molecule has 4 rings (SSSR count). The number of nitrogens with zero attached hydrogens (tertiary/aromatic N) is 3. The lowest BCUT2D eigenvalue weighted by molar-refractivity contribution is -0.121. The number of hydrogen-bond donors (Lipinski definition) is 1. The highest BCUT2D eigenvalue weighted by Crippen LogP contribution is 2.22. The summed E-state index contributed by atoms with van der Waals surface area (Å²) in [5, 5.41) is 5.50. The summed E-state index contributed by atoms with van der Waals surface area (Å²) in [5.41, 5.74) is 2.34. The molecular formula is C20H16N4O3S. The highest BCUT2D eigenvalue weighted by atomic mass is 32.1. The van der Waals surface area contributed by atoms with Crippen molar-refractivity contribution in [3.05, 3.63) is 70.9 Å². The first-order valence-corrected chi connectivity index (χ1v) is 9.59. The van der Waals surface area contributed by atoms with E-state index in [4.69, 9.17) is 0 Å². The predicted octanol–water partition coefficient (Wildman–Crippen LogP) is 2.16. The molecule has 0 bridgehead atoms. The van der Waals surface area contributed by atoms with E-state index in [1.807, 2.05) is 23.6 Å². The molecule has 28 heavy (non-hydrogen) atoms. The van der Waals surface area contributed by atoms with Crippen LogP contribution >= 0.6 is 11.3 Å². The van der Waals surface area contributed by atoms with Crippen LogP contribution in [0.4, 0.5) is 0 Å². The highest BCUT2D eigenvalue weighted by molar-refractivity contribution is 7.13. The number of hydrogen-bond acceptors (Lipinski definition) is 6. The molecule has 0 saturated carbocycles. The van der Waals surface area contributed by atoms with Gasteiger partial charge >= 0.3 is 0 Å². The number of carbonyl (C=O) groups is 3. The summed E-state index contributed by atoms with van der Waals surface area (Å²) < 4.78 is 0. The van der Waals surface area contributed by atoms with Crippen molar-refractivity contribution in [1.82, 2.24) is 20.2 Å². The zero-order chi connectivity index (χ0) is 19.5. The second-order valence-electron chi connectivity index (χ2n) is 6.20. The van der Waals surface area contributed by atoms with Crippen molar-refractivity contribution >= 4 is 29.1 Å². The van der Waals surface area contributed by atoms with E-state index in [1.54, 1.807) is 30.5 Å². The van der Waals surface area contributed by atoms with Crippen LogP contribution in [0.1, 0.15) is 26.4 Å². The lowest BCUT2D eigenvalue weighted by Crippen LogP contribution is -2.40. The second-order valence-corrected chi connectivity index (χ2v) is 7.06. The van der Waals surface area contributed by atoms with Crippen molar-refractivity contribution in [3.63, 3.8) is 0 Å². The molecule has 0 atom stereocenters. The average molecular weight is 392 g/mol. The first-order chi connectivity index (χ1) is 13.6. The van der Waals surface area contributed by atoms with Gasteiger partial charge < -0.3 is 5.32 Å². The fourth-order valence-corrected chi connectivity index (χ4v) is 3.77. The molecule has 0 saturated heterocycles. The number of amides is 3. The number of carbonyl (C=O) groups excluding carboxylic acids is 3. The molecule has 2 aromatic heterocycles. The Bertz CT molecular complexity index is 1010. The van der Waals surface area contributed by atoms with E-state index in [1.165, 1.54) is 11.3 Å². The van der Waals surface area contributed by atoms with Gasteiger partial charge in [-0.05, 0) is 24.3 Å². The van der Waals surface area contributed by atoms with E-state index >= 15 is 0 Å². The molecule has 0 spiro atoms. The first kappa shape index (κ1) is 18.0. The Balaban J connectivity index is 1.30. The zero-order valence-corrected chi connectivity index (χ0v) is 15.6. The number of imide groups is 1. The third-order valence-corrected chi connectivity index (χ3v) is 5.23. The van der Waals surface area contributed by atoms with Crippen molar-refractivity contribution in [2.45, 2.75) is 6.42 Å². The molecule has 0 radical (unpaired) electrons. The first-order valence-electron chi connectivity index (χ1n) is 8.71. The molecule has 1 N–H and O–H groups in total. The van der Waals surface area contributed by atoms with Gasteiger partial charge in [-0.1, -0.05) is 18.2 Å². The number of rotatable bonds is 6. The van der Waals surface area contributed by atoms with Gasteiger partial charge in [-0.3, -0.25) is 24.3 Å². The lowest BCUT2D eigenvalue weighted by Gasteiger charge is -2.13. The summed E-state index contributed by atoms with van der Waals surface area (Å²) in [5.74, 6) is -1.25. The average Bonchev–Trinajstić information content (AvgIpc) is 3.28. The van der Waals surface area contributed by atoms with Crippen LogP contribution in [-0.4, -0.2) is 45.7 Å². The number of nitrogens with one attached hydrogen (secondary N) is 1. The highest BCUT2D eigenvalue weighted by Gasteiger charge is 2.36. The molecule has 7 nitrogen and oxygen atoms in total. The zero-order valence-electron chi connectivity index (χ0n) is 14.8. The van der Waals surface area contributed by atoms with E-state index in [9.17, 15) is 14.4 Å². The van der Waals surface area contributed by atoms with Crippen LogP contribution < -0.4 is 5.32 Å². The van der Waals surface area contributed by atoms with Crippen LogP contribution in [0.15, 0.2) is 54.0 Å². The van der Waals surface area contributed by atoms with Gasteiger partial charge in [0.2, 0.25) is 5.91 Å². The number of fused-ring (bicyclic) bond motifs is 1. The Morgan fingerprint density at radius 3 is 2.43 bits per heavy atom. The Hall–Kier alpha value is -3.39. The Morgan fingerprint density at radius 2 is 1.75 bits per heavy atom. The fourth-order valence-electron chi connectivity index (χ4n) is 2.94. The van der Waals surface area contributed by atoms with E-state index in [0.29, 0.717) is 24.1 Å².